The zero-order chi connectivity index (χ0) is 12.3. The molecule has 94 valence electrons. The minimum absolute atomic E-state index is 0.475. The molecule has 1 fully saturated rings. The fourth-order valence-corrected chi connectivity index (χ4v) is 3.01. The van der Waals surface area contributed by atoms with Crippen molar-refractivity contribution in [2.45, 2.75) is 45.1 Å². The van der Waals surface area contributed by atoms with E-state index in [1.807, 2.05) is 6.07 Å². The van der Waals surface area contributed by atoms with E-state index in [1.54, 1.807) is 6.20 Å². The Hall–Kier alpha value is -0.770. The highest BCUT2D eigenvalue weighted by Gasteiger charge is 2.20. The number of nitrogens with one attached hydrogen (secondary N) is 1. The molecule has 0 amide bonds. The molecule has 1 heterocycles. The minimum Gasteiger partial charge on any atom is -0.397 e. The van der Waals surface area contributed by atoms with Gasteiger partial charge >= 0.3 is 0 Å². The van der Waals surface area contributed by atoms with E-state index in [9.17, 15) is 0 Å². The number of nitrogens with two attached hydrogens (primary N) is 1. The van der Waals surface area contributed by atoms with Crippen LogP contribution in [0.4, 0.5) is 11.5 Å². The molecule has 1 unspecified atom stereocenters. The predicted molar refractivity (Wildman–Crippen MR) is 76.0 cm³/mol. The number of nitrogens with zero attached hydrogens (tertiary/aromatic N) is 1. The van der Waals surface area contributed by atoms with Crippen molar-refractivity contribution >= 4 is 27.4 Å². The quantitative estimate of drug-likeness (QED) is 0.892. The molecule has 0 aliphatic heterocycles. The van der Waals surface area contributed by atoms with Crippen molar-refractivity contribution < 1.29 is 0 Å². The largest absolute Gasteiger partial charge is 0.397 e. The van der Waals surface area contributed by atoms with Crippen molar-refractivity contribution in [3.05, 3.63) is 16.7 Å². The van der Waals surface area contributed by atoms with E-state index >= 15 is 0 Å². The average Bonchev–Trinajstić information content (AvgIpc) is 2.34. The summed E-state index contributed by atoms with van der Waals surface area (Å²) in [6.45, 7) is 2.25. The molecule has 17 heavy (non-hydrogen) atoms. The molecule has 1 atom stereocenters. The molecule has 3 N–H and O–H groups in total. The molecule has 4 heteroatoms. The van der Waals surface area contributed by atoms with E-state index in [4.69, 9.17) is 5.73 Å². The van der Waals surface area contributed by atoms with E-state index in [2.05, 4.69) is 33.2 Å². The summed E-state index contributed by atoms with van der Waals surface area (Å²) in [5, 5.41) is 3.49. The van der Waals surface area contributed by atoms with E-state index in [0.29, 0.717) is 11.7 Å². The van der Waals surface area contributed by atoms with Crippen molar-refractivity contribution in [1.29, 1.82) is 0 Å². The van der Waals surface area contributed by atoms with Crippen LogP contribution >= 0.6 is 15.9 Å². The number of anilines is 2. The molecule has 0 saturated heterocycles. The third-order valence-corrected chi connectivity index (χ3v) is 4.19. The first kappa shape index (κ1) is 12.7. The van der Waals surface area contributed by atoms with Gasteiger partial charge in [0, 0.05) is 6.04 Å². The lowest BCUT2D eigenvalue weighted by molar-refractivity contribution is 0.328. The summed E-state index contributed by atoms with van der Waals surface area (Å²) in [7, 11) is 0. The molecular weight excluding hydrogens is 278 g/mol. The smallest absolute Gasteiger partial charge is 0.140 e. The number of hydrogen-bond donors (Lipinski definition) is 2. The Kier molecular flexibility index (Phi) is 4.26. The van der Waals surface area contributed by atoms with Gasteiger partial charge in [0.05, 0.1) is 16.4 Å². The van der Waals surface area contributed by atoms with Crippen LogP contribution in [0.3, 0.4) is 0 Å². The highest BCUT2D eigenvalue weighted by molar-refractivity contribution is 9.10. The van der Waals surface area contributed by atoms with Crippen LogP contribution in [-0.2, 0) is 0 Å². The zero-order valence-electron chi connectivity index (χ0n) is 10.2. The van der Waals surface area contributed by atoms with Crippen molar-refractivity contribution in [3.63, 3.8) is 0 Å². The second-order valence-corrected chi connectivity index (χ2v) is 5.78. The molecular formula is C13H20BrN3. The Morgan fingerprint density at radius 2 is 2.12 bits per heavy atom. The number of rotatable bonds is 3. The Bertz CT molecular complexity index is 375. The van der Waals surface area contributed by atoms with Crippen LogP contribution in [0, 0.1) is 5.92 Å². The lowest BCUT2D eigenvalue weighted by atomic mass is 9.84. The van der Waals surface area contributed by atoms with E-state index < -0.39 is 0 Å². The van der Waals surface area contributed by atoms with Crippen LogP contribution in [0.1, 0.15) is 39.0 Å². The van der Waals surface area contributed by atoms with Gasteiger partial charge in [-0.05, 0) is 47.7 Å². The first-order chi connectivity index (χ1) is 8.16. The second kappa shape index (κ2) is 5.71. The van der Waals surface area contributed by atoms with Gasteiger partial charge in [0.2, 0.25) is 0 Å². The summed E-state index contributed by atoms with van der Waals surface area (Å²) >= 11 is 3.49. The monoisotopic (exact) mass is 297 g/mol. The third-order valence-electron chi connectivity index (χ3n) is 3.58. The SMILES string of the molecule is CC(Nc1ncc(N)cc1Br)C1CCCCC1. The molecule has 1 aromatic rings. The molecule has 0 aromatic carbocycles. The highest BCUT2D eigenvalue weighted by Crippen LogP contribution is 2.29. The predicted octanol–water partition coefficient (Wildman–Crippen LogP) is 3.81. The molecule has 3 nitrogen and oxygen atoms in total. The van der Waals surface area contributed by atoms with Crippen LogP contribution in [-0.4, -0.2) is 11.0 Å². The van der Waals surface area contributed by atoms with Gasteiger partial charge in [0.1, 0.15) is 5.82 Å². The Morgan fingerprint density at radius 3 is 2.76 bits per heavy atom. The minimum atomic E-state index is 0.475. The Balaban J connectivity index is 1.99. The van der Waals surface area contributed by atoms with Crippen LogP contribution in [0.2, 0.25) is 0 Å². The molecule has 1 saturated carbocycles. The molecule has 0 radical (unpaired) electrons. The molecule has 0 spiro atoms. The molecule has 1 aliphatic rings. The van der Waals surface area contributed by atoms with Gasteiger partial charge in [-0.25, -0.2) is 4.98 Å². The van der Waals surface area contributed by atoms with Gasteiger partial charge in [-0.2, -0.15) is 0 Å². The summed E-state index contributed by atoms with van der Waals surface area (Å²) in [5.41, 5.74) is 6.37. The maximum absolute atomic E-state index is 5.68. The first-order valence-corrected chi connectivity index (χ1v) is 7.13. The van der Waals surface area contributed by atoms with Gasteiger partial charge in [0.25, 0.3) is 0 Å². The normalized spacial score (nSPS) is 18.9. The van der Waals surface area contributed by atoms with Crippen molar-refractivity contribution in [3.8, 4) is 0 Å². The number of halogens is 1. The first-order valence-electron chi connectivity index (χ1n) is 6.34. The van der Waals surface area contributed by atoms with Crippen LogP contribution in [0.25, 0.3) is 0 Å². The zero-order valence-corrected chi connectivity index (χ0v) is 11.8. The second-order valence-electron chi connectivity index (χ2n) is 4.93. The summed E-state index contributed by atoms with van der Waals surface area (Å²) in [6, 6.07) is 2.37. The average molecular weight is 298 g/mol. The standard InChI is InChI=1S/C13H20BrN3/c1-9(10-5-3-2-4-6-10)17-13-12(14)7-11(15)8-16-13/h7-10H,2-6,15H2,1H3,(H,16,17). The van der Waals surface area contributed by atoms with Gasteiger partial charge in [-0.3, -0.25) is 0 Å². The third kappa shape index (κ3) is 3.35. The molecule has 2 rings (SSSR count). The lowest BCUT2D eigenvalue weighted by Crippen LogP contribution is -2.28. The number of pyridine rings is 1. The van der Waals surface area contributed by atoms with Crippen molar-refractivity contribution in [2.75, 3.05) is 11.1 Å². The van der Waals surface area contributed by atoms with Crippen LogP contribution in [0.15, 0.2) is 16.7 Å². The topological polar surface area (TPSA) is 50.9 Å². The Labute approximate surface area is 111 Å². The summed E-state index contributed by atoms with van der Waals surface area (Å²) in [4.78, 5) is 4.33. The van der Waals surface area contributed by atoms with Gasteiger partial charge in [-0.1, -0.05) is 19.3 Å². The maximum atomic E-state index is 5.68. The number of aromatic nitrogens is 1. The van der Waals surface area contributed by atoms with Gasteiger partial charge in [-0.15, -0.1) is 0 Å². The number of nitrogen functional groups attached to an aromatic ring is 1. The summed E-state index contributed by atoms with van der Waals surface area (Å²) < 4.78 is 0.945. The summed E-state index contributed by atoms with van der Waals surface area (Å²) in [6.07, 6.45) is 8.50. The molecule has 1 aromatic heterocycles. The van der Waals surface area contributed by atoms with Crippen molar-refractivity contribution in [2.24, 2.45) is 5.92 Å². The van der Waals surface area contributed by atoms with E-state index in [0.717, 1.165) is 16.2 Å². The molecule has 0 bridgehead atoms. The Morgan fingerprint density at radius 1 is 1.41 bits per heavy atom. The van der Waals surface area contributed by atoms with Crippen molar-refractivity contribution in [1.82, 2.24) is 4.98 Å². The van der Waals surface area contributed by atoms with E-state index in [1.165, 1.54) is 32.1 Å². The number of hydrogen-bond acceptors (Lipinski definition) is 3. The van der Waals surface area contributed by atoms with Gasteiger partial charge < -0.3 is 11.1 Å². The fourth-order valence-electron chi connectivity index (χ4n) is 2.53. The van der Waals surface area contributed by atoms with Crippen LogP contribution < -0.4 is 11.1 Å². The van der Waals surface area contributed by atoms with Gasteiger partial charge in [0.15, 0.2) is 0 Å². The van der Waals surface area contributed by atoms with E-state index in [-0.39, 0.29) is 0 Å². The summed E-state index contributed by atoms with van der Waals surface area (Å²) in [5.74, 6) is 1.67. The van der Waals surface area contributed by atoms with Crippen LogP contribution in [0.5, 0.6) is 0 Å². The molecule has 1 aliphatic carbocycles. The highest BCUT2D eigenvalue weighted by atomic mass is 79.9. The maximum Gasteiger partial charge on any atom is 0.140 e. The fraction of sp³-hybridized carbons (Fsp3) is 0.615. The lowest BCUT2D eigenvalue weighted by Gasteiger charge is -2.28.